The number of rotatable bonds is 7. The van der Waals surface area contributed by atoms with Crippen LogP contribution in [0, 0.1) is 0 Å². The smallest absolute Gasteiger partial charge is 0.208 e. The van der Waals surface area contributed by atoms with Crippen LogP contribution in [-0.4, -0.2) is 14.2 Å². The number of carbonyl (C=O) groups is 1. The van der Waals surface area contributed by atoms with Crippen molar-refractivity contribution < 1.29 is 13.2 Å². The van der Waals surface area contributed by atoms with Crippen molar-refractivity contribution in [2.24, 2.45) is 0 Å². The van der Waals surface area contributed by atoms with Crippen LogP contribution >= 0.6 is 22.7 Å². The van der Waals surface area contributed by atoms with Crippen molar-refractivity contribution in [1.82, 2.24) is 0 Å². The van der Waals surface area contributed by atoms with E-state index in [-0.39, 0.29) is 26.7 Å². The van der Waals surface area contributed by atoms with Crippen molar-refractivity contribution in [3.8, 4) is 11.1 Å². The molecule has 2 aromatic heterocycles. The van der Waals surface area contributed by atoms with E-state index >= 15 is 0 Å². The van der Waals surface area contributed by atoms with E-state index in [4.69, 9.17) is 0 Å². The normalized spacial score (nSPS) is 15.1. The predicted octanol–water partition coefficient (Wildman–Crippen LogP) is 17.3. The highest BCUT2D eigenvalue weighted by Gasteiger charge is 2.49. The minimum Gasteiger partial charge on any atom is -0.301 e. The fourth-order valence-electron chi connectivity index (χ4n) is 12.9. The van der Waals surface area contributed by atoms with Gasteiger partial charge in [-0.2, -0.15) is 0 Å². The molecule has 3 aliphatic heterocycles. The van der Waals surface area contributed by atoms with Crippen molar-refractivity contribution in [1.29, 1.82) is 0 Å². The number of nitrogens with zero attached hydrogens (tertiary/aromatic N) is 2. The molecular formula is C69H44N2O3S3. The van der Waals surface area contributed by atoms with Crippen LogP contribution in [-0.2, 0) is 20.7 Å². The van der Waals surface area contributed by atoms with Crippen LogP contribution in [0.15, 0.2) is 277 Å². The number of thiophene rings is 2. The Kier molecular flexibility index (Phi) is 10.2. The van der Waals surface area contributed by atoms with Gasteiger partial charge in [0.15, 0.2) is 5.78 Å². The molecule has 15 rings (SSSR count). The Hall–Kier alpha value is -8.92. The van der Waals surface area contributed by atoms with Crippen molar-refractivity contribution in [3.05, 3.63) is 323 Å². The first kappa shape index (κ1) is 45.5. The molecule has 0 radical (unpaired) electrons. The summed E-state index contributed by atoms with van der Waals surface area (Å²) in [5.41, 5.74) is 14.2. The van der Waals surface area contributed by atoms with Gasteiger partial charge in [-0.05, 0) is 105 Å². The van der Waals surface area contributed by atoms with E-state index in [0.717, 1.165) is 75.5 Å². The summed E-state index contributed by atoms with van der Waals surface area (Å²) in [6.45, 7) is 0. The Morgan fingerprint density at radius 2 is 0.753 bits per heavy atom. The van der Waals surface area contributed by atoms with Gasteiger partial charge in [0, 0.05) is 16.7 Å². The zero-order chi connectivity index (χ0) is 51.5. The Balaban J connectivity index is 1.00. The molecular weight excluding hydrogens is 1000 g/mol. The van der Waals surface area contributed by atoms with Gasteiger partial charge in [-0.1, -0.05) is 212 Å². The van der Waals surface area contributed by atoms with Gasteiger partial charge in [0.2, 0.25) is 9.84 Å². The zero-order valence-corrected chi connectivity index (χ0v) is 43.7. The van der Waals surface area contributed by atoms with Crippen LogP contribution in [0.3, 0.4) is 0 Å². The molecule has 0 amide bonds. The number of sulfone groups is 1. The molecule has 0 saturated heterocycles. The predicted molar refractivity (Wildman–Crippen MR) is 314 cm³/mol. The first-order chi connectivity index (χ1) is 37.9. The van der Waals surface area contributed by atoms with Gasteiger partial charge in [-0.3, -0.25) is 4.79 Å². The topological polar surface area (TPSA) is 57.7 Å². The lowest BCUT2D eigenvalue weighted by Crippen LogP contribution is -2.37. The molecule has 12 aromatic rings. The van der Waals surface area contributed by atoms with Crippen LogP contribution in [0.2, 0.25) is 0 Å². The van der Waals surface area contributed by atoms with E-state index in [1.165, 1.54) is 28.3 Å². The third-order valence-corrected chi connectivity index (χ3v) is 20.3. The first-order valence-electron chi connectivity index (χ1n) is 25.7. The molecule has 3 aliphatic rings. The Morgan fingerprint density at radius 1 is 0.364 bits per heavy atom. The van der Waals surface area contributed by atoms with Gasteiger partial charge in [0.05, 0.1) is 52.8 Å². The molecule has 366 valence electrons. The quantitative estimate of drug-likeness (QED) is 0.159. The van der Waals surface area contributed by atoms with Crippen LogP contribution in [0.4, 0.5) is 32.8 Å². The van der Waals surface area contributed by atoms with Gasteiger partial charge >= 0.3 is 0 Å². The Bertz CT molecular complexity index is 4280. The third-order valence-electron chi connectivity index (χ3n) is 16.0. The maximum absolute atomic E-state index is 14.7. The third kappa shape index (κ3) is 6.38. The summed E-state index contributed by atoms with van der Waals surface area (Å²) in [4.78, 5) is 19.6. The molecule has 0 fully saturated rings. The highest BCUT2D eigenvalue weighted by Crippen LogP contribution is 2.64. The summed E-state index contributed by atoms with van der Waals surface area (Å²) in [6.07, 6.45) is 0. The van der Waals surface area contributed by atoms with Crippen LogP contribution in [0.25, 0.3) is 20.5 Å². The maximum atomic E-state index is 14.7. The summed E-state index contributed by atoms with van der Waals surface area (Å²) in [5.74, 6) is -0.307. The molecule has 0 atom stereocenters. The van der Waals surface area contributed by atoms with Gasteiger partial charge in [0.1, 0.15) is 10.0 Å². The largest absolute Gasteiger partial charge is 0.301 e. The molecule has 10 aromatic carbocycles. The molecule has 0 unspecified atom stereocenters. The highest BCUT2D eigenvalue weighted by molar-refractivity contribution is 7.91. The van der Waals surface area contributed by atoms with E-state index < -0.39 is 20.7 Å². The van der Waals surface area contributed by atoms with E-state index in [1.807, 2.05) is 12.1 Å². The number of hydrogen-bond donors (Lipinski definition) is 0. The summed E-state index contributed by atoms with van der Waals surface area (Å²) in [7, 11) is -3.99. The number of carbonyl (C=O) groups excluding carboxylic acids is 1. The number of benzene rings is 10. The molecule has 8 heteroatoms. The molecule has 0 spiro atoms. The molecule has 5 nitrogen and oxygen atoms in total. The highest BCUT2D eigenvalue weighted by atomic mass is 32.2. The zero-order valence-electron chi connectivity index (χ0n) is 41.2. The fourth-order valence-corrected chi connectivity index (χ4v) is 17.3. The lowest BCUT2D eigenvalue weighted by atomic mass is 9.62. The first-order valence-corrected chi connectivity index (χ1v) is 28.8. The van der Waals surface area contributed by atoms with E-state index in [9.17, 15) is 13.2 Å². The minimum atomic E-state index is -3.99. The summed E-state index contributed by atoms with van der Waals surface area (Å²) in [5, 5.41) is 2.00. The van der Waals surface area contributed by atoms with Gasteiger partial charge < -0.3 is 9.80 Å². The summed E-state index contributed by atoms with van der Waals surface area (Å²) >= 11 is 3.44. The van der Waals surface area contributed by atoms with Gasteiger partial charge in [-0.25, -0.2) is 8.42 Å². The van der Waals surface area contributed by atoms with E-state index in [0.29, 0.717) is 0 Å². The van der Waals surface area contributed by atoms with Crippen molar-refractivity contribution in [2.75, 3.05) is 9.80 Å². The summed E-state index contributed by atoms with van der Waals surface area (Å²) in [6, 6.07) is 92.7. The number of para-hydroxylation sites is 4. The number of ketones is 1. The molecule has 0 saturated carbocycles. The SMILES string of the molecule is O=C1c2ccccc2S(=O)(=O)c2ccc(-c3c(N4c5ccccc5C(c5ccccc5)(c5ccccc5)c5ccccc54)sc4cc(N5c6ccccc6C(c6ccccc6)(c6ccccc6)c6ccccc65)sc34)cc21. The monoisotopic (exact) mass is 1040 g/mol. The van der Waals surface area contributed by atoms with E-state index in [1.54, 1.807) is 46.9 Å². The van der Waals surface area contributed by atoms with Crippen molar-refractivity contribution in [3.63, 3.8) is 0 Å². The molecule has 5 heterocycles. The maximum Gasteiger partial charge on any atom is 0.208 e. The van der Waals surface area contributed by atoms with E-state index in [2.05, 4.69) is 234 Å². The second-order valence-electron chi connectivity index (χ2n) is 19.8. The van der Waals surface area contributed by atoms with Crippen LogP contribution in [0.1, 0.15) is 60.4 Å². The molecule has 77 heavy (non-hydrogen) atoms. The number of fused-ring (bicyclic) bond motifs is 7. The lowest BCUT2D eigenvalue weighted by molar-refractivity contribution is 0.103. The Morgan fingerprint density at radius 3 is 1.22 bits per heavy atom. The van der Waals surface area contributed by atoms with Gasteiger partial charge in [0.25, 0.3) is 0 Å². The second kappa shape index (κ2) is 17.3. The van der Waals surface area contributed by atoms with Crippen LogP contribution < -0.4 is 9.80 Å². The molecule has 0 bridgehead atoms. The fraction of sp³-hybridized carbons (Fsp3) is 0.0290. The number of hydrogen-bond acceptors (Lipinski definition) is 7. The average Bonchev–Trinajstić information content (AvgIpc) is 4.08. The van der Waals surface area contributed by atoms with Crippen LogP contribution in [0.5, 0.6) is 0 Å². The molecule has 0 aliphatic carbocycles. The second-order valence-corrected chi connectivity index (χ2v) is 23.8. The number of anilines is 6. The van der Waals surface area contributed by atoms with Crippen molar-refractivity contribution in [2.45, 2.75) is 20.6 Å². The lowest BCUT2D eigenvalue weighted by Gasteiger charge is -2.46. The average molecular weight is 1050 g/mol. The standard InChI is InChI=1S/C69H44N2O3S3/c72-65-50-31-13-22-40-61(50)77(73,74)62-42-41-45(43-51(62)65)64-66-60(75-67(64)71-58-38-20-16-34-54(58)69(48-27-9-3-10-28-48,49-29-11-4-12-30-49)55-35-17-21-39-59(55)71)44-63(76-66)70-56-36-18-14-32-52(56)68(46-23-5-1-6-24-46,47-25-7-2-8-26-47)53-33-15-19-37-57(53)70/h1-44H. The van der Waals surface area contributed by atoms with Crippen molar-refractivity contribution >= 4 is 80.4 Å². The minimum absolute atomic E-state index is 0.0239. The van der Waals surface area contributed by atoms with Gasteiger partial charge in [-0.15, -0.1) is 22.7 Å². The molecule has 0 N–H and O–H groups in total. The summed E-state index contributed by atoms with van der Waals surface area (Å²) < 4.78 is 30.9. The Labute approximate surface area is 454 Å².